The number of furan rings is 1. The molecule has 0 aromatic carbocycles. The lowest BCUT2D eigenvalue weighted by Gasteiger charge is -2.00. The van der Waals surface area contributed by atoms with Crippen LogP contribution in [0.15, 0.2) is 26.5 Å². The van der Waals surface area contributed by atoms with Crippen molar-refractivity contribution >= 4 is 11.8 Å². The summed E-state index contributed by atoms with van der Waals surface area (Å²) in [5, 5.41) is 7.05. The van der Waals surface area contributed by atoms with Gasteiger partial charge in [0.2, 0.25) is 0 Å². The molecule has 0 fully saturated rings. The summed E-state index contributed by atoms with van der Waals surface area (Å²) in [6.07, 6.45) is 0. The van der Waals surface area contributed by atoms with E-state index in [9.17, 15) is 4.79 Å². The third kappa shape index (κ3) is 2.62. The van der Waals surface area contributed by atoms with E-state index in [-0.39, 0.29) is 5.69 Å². The van der Waals surface area contributed by atoms with Gasteiger partial charge in [0.05, 0.1) is 12.3 Å². The number of hydrogen-bond acceptors (Lipinski definition) is 5. The first-order valence-electron chi connectivity index (χ1n) is 5.30. The van der Waals surface area contributed by atoms with Gasteiger partial charge in [-0.05, 0) is 19.1 Å². The van der Waals surface area contributed by atoms with Crippen LogP contribution in [0.1, 0.15) is 18.4 Å². The van der Waals surface area contributed by atoms with Gasteiger partial charge >= 0.3 is 5.69 Å². The molecule has 0 bridgehead atoms. The van der Waals surface area contributed by atoms with Crippen molar-refractivity contribution in [2.45, 2.75) is 30.9 Å². The number of thioether (sulfide) groups is 1. The summed E-state index contributed by atoms with van der Waals surface area (Å²) in [7, 11) is 0. The van der Waals surface area contributed by atoms with Gasteiger partial charge in [0, 0.05) is 6.54 Å². The molecule has 0 unspecified atom stereocenters. The highest BCUT2D eigenvalue weighted by molar-refractivity contribution is 7.98. The van der Waals surface area contributed by atoms with Crippen LogP contribution in [0.3, 0.4) is 0 Å². The van der Waals surface area contributed by atoms with Crippen LogP contribution < -0.4 is 11.4 Å². The van der Waals surface area contributed by atoms with E-state index >= 15 is 0 Å². The van der Waals surface area contributed by atoms with Gasteiger partial charge < -0.3 is 10.2 Å². The number of aromatic amines is 1. The van der Waals surface area contributed by atoms with E-state index in [4.69, 9.17) is 10.2 Å². The fourth-order valence-corrected chi connectivity index (χ4v) is 2.34. The second-order valence-corrected chi connectivity index (χ2v) is 4.36. The lowest BCUT2D eigenvalue weighted by atomic mass is 10.4. The molecule has 0 atom stereocenters. The Balaban J connectivity index is 2.04. The highest BCUT2D eigenvalue weighted by Gasteiger charge is 2.08. The van der Waals surface area contributed by atoms with Crippen LogP contribution in [0, 0.1) is 0 Å². The molecule has 7 heteroatoms. The van der Waals surface area contributed by atoms with E-state index in [2.05, 4.69) is 10.2 Å². The number of hydrogen-bond donors (Lipinski definition) is 2. The first-order chi connectivity index (χ1) is 8.24. The Kier molecular flexibility index (Phi) is 3.70. The Morgan fingerprint density at radius 3 is 2.94 bits per heavy atom. The van der Waals surface area contributed by atoms with Crippen molar-refractivity contribution in [1.82, 2.24) is 14.8 Å². The summed E-state index contributed by atoms with van der Waals surface area (Å²) < 4.78 is 7.04. The summed E-state index contributed by atoms with van der Waals surface area (Å²) in [5.41, 5.74) is 5.27. The van der Waals surface area contributed by atoms with Crippen molar-refractivity contribution in [3.05, 3.63) is 34.1 Å². The summed E-state index contributed by atoms with van der Waals surface area (Å²) in [4.78, 5) is 11.3. The van der Waals surface area contributed by atoms with E-state index in [0.29, 0.717) is 24.0 Å². The van der Waals surface area contributed by atoms with Gasteiger partial charge in [-0.2, -0.15) is 0 Å². The van der Waals surface area contributed by atoms with E-state index < -0.39 is 0 Å². The highest BCUT2D eigenvalue weighted by Crippen LogP contribution is 2.20. The van der Waals surface area contributed by atoms with Crippen LogP contribution in [0.2, 0.25) is 0 Å². The predicted octanol–water partition coefficient (Wildman–Crippen LogP) is 0.935. The molecular weight excluding hydrogens is 240 g/mol. The average Bonchev–Trinajstić information content (AvgIpc) is 2.92. The Morgan fingerprint density at radius 2 is 2.29 bits per heavy atom. The monoisotopic (exact) mass is 254 g/mol. The van der Waals surface area contributed by atoms with Crippen LogP contribution in [0.5, 0.6) is 0 Å². The molecule has 92 valence electrons. The van der Waals surface area contributed by atoms with Gasteiger partial charge in [-0.25, -0.2) is 9.89 Å². The maximum Gasteiger partial charge on any atom is 0.343 e. The zero-order valence-corrected chi connectivity index (χ0v) is 10.3. The minimum Gasteiger partial charge on any atom is -0.464 e. The zero-order chi connectivity index (χ0) is 12.3. The lowest BCUT2D eigenvalue weighted by molar-refractivity contribution is 0.482. The van der Waals surface area contributed by atoms with Crippen molar-refractivity contribution < 1.29 is 4.42 Å². The number of rotatable bonds is 5. The number of nitrogens with two attached hydrogens (primary N) is 1. The minimum absolute atomic E-state index is 0.183. The normalized spacial score (nSPS) is 10.9. The van der Waals surface area contributed by atoms with E-state index in [1.54, 1.807) is 4.57 Å². The number of aromatic nitrogens is 3. The molecule has 2 aromatic heterocycles. The van der Waals surface area contributed by atoms with E-state index in [0.717, 1.165) is 11.5 Å². The standard InChI is InChI=1S/C10H14N4O2S/c1-2-14-9(15)12-13-10(14)17-6-8-4-3-7(5-11)16-8/h3-4H,2,5-6,11H2,1H3,(H,12,15). The topological polar surface area (TPSA) is 89.8 Å². The molecule has 0 aliphatic rings. The van der Waals surface area contributed by atoms with Crippen molar-refractivity contribution in [2.24, 2.45) is 5.73 Å². The van der Waals surface area contributed by atoms with Crippen LogP contribution in [-0.4, -0.2) is 14.8 Å². The van der Waals surface area contributed by atoms with Crippen molar-refractivity contribution in [3.63, 3.8) is 0 Å². The summed E-state index contributed by atoms with van der Waals surface area (Å²) in [5.74, 6) is 2.22. The molecule has 0 aliphatic carbocycles. The van der Waals surface area contributed by atoms with Gasteiger partial charge in [0.1, 0.15) is 11.5 Å². The number of H-pyrrole nitrogens is 1. The second-order valence-electron chi connectivity index (χ2n) is 3.42. The van der Waals surface area contributed by atoms with Crippen molar-refractivity contribution in [2.75, 3.05) is 0 Å². The predicted molar refractivity (Wildman–Crippen MR) is 64.7 cm³/mol. The molecule has 0 radical (unpaired) electrons. The molecule has 17 heavy (non-hydrogen) atoms. The lowest BCUT2D eigenvalue weighted by Crippen LogP contribution is -2.16. The minimum atomic E-state index is -0.183. The summed E-state index contributed by atoms with van der Waals surface area (Å²) in [6, 6.07) is 3.74. The van der Waals surface area contributed by atoms with Crippen molar-refractivity contribution in [3.8, 4) is 0 Å². The molecule has 3 N–H and O–H groups in total. The van der Waals surface area contributed by atoms with Crippen LogP contribution in [0.4, 0.5) is 0 Å². The molecule has 2 aromatic rings. The summed E-state index contributed by atoms with van der Waals surface area (Å²) in [6.45, 7) is 2.90. The molecule has 0 spiro atoms. The third-order valence-corrected chi connectivity index (χ3v) is 3.30. The van der Waals surface area contributed by atoms with Crippen LogP contribution >= 0.6 is 11.8 Å². The molecule has 2 rings (SSSR count). The molecular formula is C10H14N4O2S. The zero-order valence-electron chi connectivity index (χ0n) is 9.47. The molecule has 6 nitrogen and oxygen atoms in total. The van der Waals surface area contributed by atoms with Gasteiger partial charge in [-0.3, -0.25) is 4.57 Å². The molecule has 0 amide bonds. The van der Waals surface area contributed by atoms with Crippen molar-refractivity contribution in [1.29, 1.82) is 0 Å². The third-order valence-electron chi connectivity index (χ3n) is 2.30. The Labute approximate surface area is 102 Å². The van der Waals surface area contributed by atoms with E-state index in [1.807, 2.05) is 19.1 Å². The maximum atomic E-state index is 11.3. The Morgan fingerprint density at radius 1 is 1.53 bits per heavy atom. The Bertz CT molecular complexity index is 542. The second kappa shape index (κ2) is 5.24. The highest BCUT2D eigenvalue weighted by atomic mass is 32.2. The van der Waals surface area contributed by atoms with Gasteiger partial charge in [-0.1, -0.05) is 11.8 Å². The fraction of sp³-hybridized carbons (Fsp3) is 0.400. The SMILES string of the molecule is CCn1c(SCc2ccc(CN)o2)n[nH]c1=O. The number of nitrogens with one attached hydrogen (secondary N) is 1. The van der Waals surface area contributed by atoms with Gasteiger partial charge in [0.15, 0.2) is 5.16 Å². The molecule has 2 heterocycles. The molecule has 0 aliphatic heterocycles. The van der Waals surface area contributed by atoms with Gasteiger partial charge in [-0.15, -0.1) is 5.10 Å². The average molecular weight is 254 g/mol. The summed E-state index contributed by atoms with van der Waals surface area (Å²) >= 11 is 1.46. The smallest absolute Gasteiger partial charge is 0.343 e. The van der Waals surface area contributed by atoms with Gasteiger partial charge in [0.25, 0.3) is 0 Å². The molecule has 0 saturated carbocycles. The van der Waals surface area contributed by atoms with E-state index in [1.165, 1.54) is 11.8 Å². The van der Waals surface area contributed by atoms with Crippen LogP contribution in [0.25, 0.3) is 0 Å². The first-order valence-corrected chi connectivity index (χ1v) is 6.28. The molecule has 0 saturated heterocycles. The first kappa shape index (κ1) is 12.0. The fourth-order valence-electron chi connectivity index (χ4n) is 1.44. The number of nitrogens with zero attached hydrogens (tertiary/aromatic N) is 2. The quantitative estimate of drug-likeness (QED) is 0.775. The largest absolute Gasteiger partial charge is 0.464 e. The maximum absolute atomic E-state index is 11.3. The van der Waals surface area contributed by atoms with Crippen LogP contribution in [-0.2, 0) is 18.8 Å². The Hall–Kier alpha value is -1.47.